The second-order valence-corrected chi connectivity index (χ2v) is 6.78. The van der Waals surface area contributed by atoms with Crippen LogP contribution in [0, 0.1) is 23.7 Å². The van der Waals surface area contributed by atoms with Crippen LogP contribution >= 0.6 is 0 Å². The first-order chi connectivity index (χ1) is 11.6. The molecule has 1 aromatic rings. The van der Waals surface area contributed by atoms with E-state index in [2.05, 4.69) is 17.5 Å². The summed E-state index contributed by atoms with van der Waals surface area (Å²) in [5.41, 5.74) is 0. The molecule has 3 amide bonds. The summed E-state index contributed by atoms with van der Waals surface area (Å²) in [5.74, 6) is 0.266. The van der Waals surface area contributed by atoms with E-state index in [1.54, 1.807) is 18.4 Å². The monoisotopic (exact) mass is 328 g/mol. The number of hydrogen-bond acceptors (Lipinski definition) is 4. The molecule has 2 bridgehead atoms. The minimum Gasteiger partial charge on any atom is -0.467 e. The fourth-order valence-corrected chi connectivity index (χ4v) is 4.26. The number of hydrogen-bond donors (Lipinski definition) is 1. The molecule has 1 saturated heterocycles. The maximum atomic E-state index is 12.6. The lowest BCUT2D eigenvalue weighted by atomic mass is 9.63. The summed E-state index contributed by atoms with van der Waals surface area (Å²) < 4.78 is 5.15. The van der Waals surface area contributed by atoms with Gasteiger partial charge in [-0.25, -0.2) is 0 Å². The molecule has 0 radical (unpaired) electrons. The van der Waals surface area contributed by atoms with Crippen molar-refractivity contribution in [3.63, 3.8) is 0 Å². The highest BCUT2D eigenvalue weighted by molar-refractivity contribution is 6.06. The van der Waals surface area contributed by atoms with Crippen LogP contribution in [0.3, 0.4) is 0 Å². The lowest BCUT2D eigenvalue weighted by Gasteiger charge is -2.38. The number of nitrogens with zero attached hydrogens (tertiary/aromatic N) is 1. The molecule has 6 nitrogen and oxygen atoms in total. The van der Waals surface area contributed by atoms with Crippen molar-refractivity contribution < 1.29 is 18.8 Å². The van der Waals surface area contributed by atoms with Crippen LogP contribution in [-0.4, -0.2) is 29.2 Å². The zero-order valence-corrected chi connectivity index (χ0v) is 13.3. The number of furan rings is 1. The van der Waals surface area contributed by atoms with E-state index in [9.17, 15) is 14.4 Å². The Balaban J connectivity index is 1.35. The van der Waals surface area contributed by atoms with Crippen molar-refractivity contribution in [3.05, 3.63) is 36.3 Å². The van der Waals surface area contributed by atoms with Gasteiger partial charge in [0.05, 0.1) is 24.6 Å². The summed E-state index contributed by atoms with van der Waals surface area (Å²) in [5, 5.41) is 2.74. The molecule has 5 rings (SSSR count). The molecule has 2 heterocycles. The van der Waals surface area contributed by atoms with Crippen molar-refractivity contribution in [1.29, 1.82) is 0 Å². The lowest BCUT2D eigenvalue weighted by molar-refractivity contribution is -0.140. The van der Waals surface area contributed by atoms with Crippen LogP contribution in [0.5, 0.6) is 0 Å². The largest absolute Gasteiger partial charge is 0.467 e. The summed E-state index contributed by atoms with van der Waals surface area (Å²) in [6, 6.07) is 3.54. The minimum atomic E-state index is -0.201. The van der Waals surface area contributed by atoms with Gasteiger partial charge >= 0.3 is 0 Å². The molecule has 3 aliphatic carbocycles. The van der Waals surface area contributed by atoms with Crippen LogP contribution in [0.25, 0.3) is 0 Å². The van der Waals surface area contributed by atoms with E-state index in [1.807, 2.05) is 0 Å². The average Bonchev–Trinajstić information content (AvgIpc) is 3.21. The van der Waals surface area contributed by atoms with E-state index in [-0.39, 0.29) is 54.4 Å². The first-order valence-electron chi connectivity index (χ1n) is 8.48. The number of imide groups is 1. The van der Waals surface area contributed by atoms with Gasteiger partial charge in [-0.3, -0.25) is 19.3 Å². The van der Waals surface area contributed by atoms with Gasteiger partial charge in [0.1, 0.15) is 5.76 Å². The summed E-state index contributed by atoms with van der Waals surface area (Å²) in [6.45, 7) is 0.473. The van der Waals surface area contributed by atoms with Crippen molar-refractivity contribution >= 4 is 17.7 Å². The molecular weight excluding hydrogens is 308 g/mol. The van der Waals surface area contributed by atoms with Gasteiger partial charge in [-0.05, 0) is 36.8 Å². The van der Waals surface area contributed by atoms with Crippen molar-refractivity contribution in [3.8, 4) is 0 Å². The Bertz CT molecular complexity index is 662. The molecule has 4 unspecified atom stereocenters. The van der Waals surface area contributed by atoms with Crippen LogP contribution in [-0.2, 0) is 20.9 Å². The Kier molecular flexibility index (Phi) is 3.75. The Hall–Kier alpha value is -2.37. The molecule has 1 saturated carbocycles. The van der Waals surface area contributed by atoms with Crippen LogP contribution in [0.2, 0.25) is 0 Å². The number of carbonyl (C=O) groups is 3. The standard InChI is InChI=1S/C18H20N2O4/c21-14(19-10-13-2-1-9-24-13)7-8-20-17(22)15-11-3-4-12(6-5-11)16(15)18(20)23/h1-4,9,11-12,15-16H,5-8,10H2,(H,19,21). The maximum Gasteiger partial charge on any atom is 0.233 e. The third kappa shape index (κ3) is 2.46. The molecular formula is C18H20N2O4. The molecule has 4 aliphatic rings. The fraction of sp³-hybridized carbons (Fsp3) is 0.500. The van der Waals surface area contributed by atoms with Gasteiger partial charge in [0.15, 0.2) is 0 Å². The molecule has 1 aromatic heterocycles. The minimum absolute atomic E-state index is 0.0946. The fourth-order valence-electron chi connectivity index (χ4n) is 4.26. The number of likely N-dealkylation sites (tertiary alicyclic amines) is 1. The molecule has 4 atom stereocenters. The van der Waals surface area contributed by atoms with Gasteiger partial charge in [0.2, 0.25) is 17.7 Å². The summed E-state index contributed by atoms with van der Waals surface area (Å²) >= 11 is 0. The normalized spacial score (nSPS) is 30.8. The SMILES string of the molecule is O=C(CCN1C(=O)C2C3C=CC(CC3)C2C1=O)NCc1ccco1. The van der Waals surface area contributed by atoms with Crippen LogP contribution < -0.4 is 5.32 Å². The quantitative estimate of drug-likeness (QED) is 0.656. The number of rotatable bonds is 5. The van der Waals surface area contributed by atoms with Crippen LogP contribution in [0.1, 0.15) is 25.0 Å². The highest BCUT2D eigenvalue weighted by atomic mass is 16.3. The zero-order valence-electron chi connectivity index (χ0n) is 13.3. The predicted octanol–water partition coefficient (Wildman–Crippen LogP) is 1.48. The van der Waals surface area contributed by atoms with Gasteiger partial charge < -0.3 is 9.73 Å². The highest BCUT2D eigenvalue weighted by Crippen LogP contribution is 2.49. The van der Waals surface area contributed by atoms with Crippen molar-refractivity contribution in [1.82, 2.24) is 10.2 Å². The highest BCUT2D eigenvalue weighted by Gasteiger charge is 2.56. The maximum absolute atomic E-state index is 12.6. The number of nitrogens with one attached hydrogen (secondary N) is 1. The molecule has 24 heavy (non-hydrogen) atoms. The van der Waals surface area contributed by atoms with Crippen molar-refractivity contribution in [2.45, 2.75) is 25.8 Å². The number of fused-ring (bicyclic) bond motifs is 1. The second kappa shape index (κ2) is 5.92. The molecule has 6 heteroatoms. The van der Waals surface area contributed by atoms with Crippen molar-refractivity contribution in [2.75, 3.05) is 6.54 Å². The third-order valence-corrected chi connectivity index (χ3v) is 5.45. The van der Waals surface area contributed by atoms with Gasteiger partial charge in [-0.1, -0.05) is 12.2 Å². The smallest absolute Gasteiger partial charge is 0.233 e. The number of amides is 3. The number of allylic oxidation sites excluding steroid dienone is 2. The first-order valence-corrected chi connectivity index (χ1v) is 8.48. The molecule has 1 aliphatic heterocycles. The first kappa shape index (κ1) is 15.2. The zero-order chi connectivity index (χ0) is 16.7. The Morgan fingerprint density at radius 1 is 1.17 bits per heavy atom. The second-order valence-electron chi connectivity index (χ2n) is 6.78. The van der Waals surface area contributed by atoms with Crippen LogP contribution in [0.4, 0.5) is 0 Å². The van der Waals surface area contributed by atoms with E-state index in [1.165, 1.54) is 4.90 Å². The summed E-state index contributed by atoms with van der Waals surface area (Å²) in [4.78, 5) is 38.5. The van der Waals surface area contributed by atoms with E-state index < -0.39 is 0 Å². The topological polar surface area (TPSA) is 79.6 Å². The Morgan fingerprint density at radius 2 is 1.83 bits per heavy atom. The third-order valence-electron chi connectivity index (χ3n) is 5.45. The summed E-state index contributed by atoms with van der Waals surface area (Å²) in [7, 11) is 0. The van der Waals surface area contributed by atoms with Gasteiger partial charge in [0, 0.05) is 13.0 Å². The summed E-state index contributed by atoms with van der Waals surface area (Å²) in [6.07, 6.45) is 7.84. The molecule has 0 aromatic carbocycles. The van der Waals surface area contributed by atoms with E-state index in [0.29, 0.717) is 12.3 Å². The van der Waals surface area contributed by atoms with Gasteiger partial charge in [-0.2, -0.15) is 0 Å². The molecule has 1 N–H and O–H groups in total. The Labute approximate surface area is 139 Å². The lowest BCUT2D eigenvalue weighted by Crippen LogP contribution is -2.38. The average molecular weight is 328 g/mol. The van der Waals surface area contributed by atoms with E-state index >= 15 is 0 Å². The molecule has 126 valence electrons. The van der Waals surface area contributed by atoms with Gasteiger partial charge in [0.25, 0.3) is 0 Å². The van der Waals surface area contributed by atoms with Crippen molar-refractivity contribution in [2.24, 2.45) is 23.7 Å². The van der Waals surface area contributed by atoms with Crippen LogP contribution in [0.15, 0.2) is 35.0 Å². The molecule has 2 fully saturated rings. The Morgan fingerprint density at radius 3 is 2.38 bits per heavy atom. The predicted molar refractivity (Wildman–Crippen MR) is 84.2 cm³/mol. The number of carbonyl (C=O) groups excluding carboxylic acids is 3. The van der Waals surface area contributed by atoms with Gasteiger partial charge in [-0.15, -0.1) is 0 Å². The van der Waals surface area contributed by atoms with E-state index in [4.69, 9.17) is 4.42 Å². The van der Waals surface area contributed by atoms with E-state index in [0.717, 1.165) is 12.8 Å². The molecule has 0 spiro atoms.